The van der Waals surface area contributed by atoms with Crippen LogP contribution in [0.3, 0.4) is 0 Å². The second kappa shape index (κ2) is 7.91. The fourth-order valence-electron chi connectivity index (χ4n) is 1.17. The first-order valence-electron chi connectivity index (χ1n) is 5.18. The van der Waals surface area contributed by atoms with Gasteiger partial charge < -0.3 is 9.29 Å². The summed E-state index contributed by atoms with van der Waals surface area (Å²) in [6, 6.07) is 4.91. The van der Waals surface area contributed by atoms with Crippen molar-refractivity contribution in [3.8, 4) is 0 Å². The Balaban J connectivity index is 0.00000289. The number of carbonyl (C=O) groups excluding carboxylic acids is 1. The molecule has 0 bridgehead atoms. The fraction of sp³-hybridized carbons (Fsp3) is 0.364. The van der Waals surface area contributed by atoms with Crippen molar-refractivity contribution in [2.45, 2.75) is 24.7 Å². The average Bonchev–Trinajstić information content (AvgIpc) is 2.28. The molecule has 0 aliphatic heterocycles. The molecular formula is C11H13NaO5S. The summed E-state index contributed by atoms with van der Waals surface area (Å²) in [5.74, 6) is -0.621. The zero-order valence-corrected chi connectivity index (χ0v) is 13.2. The molecule has 1 aromatic rings. The Labute approximate surface area is 129 Å². The van der Waals surface area contributed by atoms with E-state index in [4.69, 9.17) is 4.74 Å². The van der Waals surface area contributed by atoms with Crippen LogP contribution in [0.25, 0.3) is 0 Å². The van der Waals surface area contributed by atoms with Crippen molar-refractivity contribution in [1.29, 1.82) is 0 Å². The second-order valence-corrected chi connectivity index (χ2v) is 4.85. The summed E-state index contributed by atoms with van der Waals surface area (Å²) in [5, 5.41) is 0. The van der Waals surface area contributed by atoms with Crippen molar-refractivity contribution in [1.82, 2.24) is 0 Å². The van der Waals surface area contributed by atoms with Gasteiger partial charge in [-0.1, -0.05) is 19.4 Å². The number of ether oxygens (including phenoxy) is 1. The minimum Gasteiger partial charge on any atom is -0.744 e. The van der Waals surface area contributed by atoms with Gasteiger partial charge in [0.25, 0.3) is 0 Å². The standard InChI is InChI=1S/C11H14O5S.Na/c1-2-3-7-16-11(12)9-5-4-6-10(8-9)17(13,14)15;/h4-6,8H,2-3,7H2,1H3,(H,13,14,15);/q;+1/p-1. The zero-order valence-electron chi connectivity index (χ0n) is 10.4. The van der Waals surface area contributed by atoms with Crippen LogP contribution >= 0.6 is 0 Å². The Morgan fingerprint density at radius 1 is 1.39 bits per heavy atom. The molecule has 0 aliphatic carbocycles. The zero-order chi connectivity index (χ0) is 12.9. The van der Waals surface area contributed by atoms with Gasteiger partial charge in [-0.3, -0.25) is 0 Å². The normalized spacial score (nSPS) is 10.6. The molecule has 94 valence electrons. The van der Waals surface area contributed by atoms with Crippen LogP contribution in [-0.2, 0) is 14.9 Å². The van der Waals surface area contributed by atoms with Gasteiger partial charge in [-0.05, 0) is 24.6 Å². The number of hydrogen-bond donors (Lipinski definition) is 0. The summed E-state index contributed by atoms with van der Waals surface area (Å²) in [7, 11) is -4.54. The molecule has 0 aromatic heterocycles. The van der Waals surface area contributed by atoms with E-state index in [1.54, 1.807) is 0 Å². The number of carbonyl (C=O) groups is 1. The predicted molar refractivity (Wildman–Crippen MR) is 59.6 cm³/mol. The molecule has 0 heterocycles. The van der Waals surface area contributed by atoms with Crippen molar-refractivity contribution in [3.63, 3.8) is 0 Å². The van der Waals surface area contributed by atoms with E-state index in [1.165, 1.54) is 12.1 Å². The third kappa shape index (κ3) is 5.49. The van der Waals surface area contributed by atoms with Crippen LogP contribution in [0.15, 0.2) is 29.2 Å². The molecule has 0 aliphatic rings. The Bertz CT molecular complexity index is 498. The third-order valence-corrected chi connectivity index (χ3v) is 2.92. The van der Waals surface area contributed by atoms with Crippen molar-refractivity contribution >= 4 is 16.1 Å². The SMILES string of the molecule is CCCCOC(=O)c1cccc(S(=O)(=O)[O-])c1.[Na+]. The summed E-state index contributed by atoms with van der Waals surface area (Å²) in [4.78, 5) is 11.1. The summed E-state index contributed by atoms with van der Waals surface area (Å²) in [5.41, 5.74) is 0.0676. The summed E-state index contributed by atoms with van der Waals surface area (Å²) in [6.45, 7) is 2.24. The first kappa shape index (κ1) is 17.6. The second-order valence-electron chi connectivity index (χ2n) is 3.47. The van der Waals surface area contributed by atoms with Gasteiger partial charge in [0.2, 0.25) is 0 Å². The van der Waals surface area contributed by atoms with Crippen LogP contribution in [0.5, 0.6) is 0 Å². The molecule has 0 N–H and O–H groups in total. The van der Waals surface area contributed by atoms with Crippen molar-refractivity contribution in [2.24, 2.45) is 0 Å². The van der Waals surface area contributed by atoms with Gasteiger partial charge in [-0.15, -0.1) is 0 Å². The van der Waals surface area contributed by atoms with E-state index in [-0.39, 0.29) is 41.7 Å². The monoisotopic (exact) mass is 280 g/mol. The number of benzene rings is 1. The summed E-state index contributed by atoms with van der Waals surface area (Å²) >= 11 is 0. The van der Waals surface area contributed by atoms with Crippen LogP contribution in [0.4, 0.5) is 0 Å². The predicted octanol–water partition coefficient (Wildman–Crippen LogP) is -1.45. The van der Waals surface area contributed by atoms with Gasteiger partial charge in [0, 0.05) is 0 Å². The largest absolute Gasteiger partial charge is 1.00 e. The molecular weight excluding hydrogens is 267 g/mol. The molecule has 0 atom stereocenters. The van der Waals surface area contributed by atoms with E-state index < -0.39 is 21.0 Å². The maximum absolute atomic E-state index is 11.5. The quantitative estimate of drug-likeness (QED) is 0.285. The van der Waals surface area contributed by atoms with Crippen molar-refractivity contribution < 1.29 is 52.1 Å². The maximum atomic E-state index is 11.5. The minimum atomic E-state index is -4.54. The average molecular weight is 280 g/mol. The van der Waals surface area contributed by atoms with E-state index in [0.717, 1.165) is 25.0 Å². The number of hydrogen-bond acceptors (Lipinski definition) is 5. The molecule has 0 saturated heterocycles. The van der Waals surface area contributed by atoms with Gasteiger partial charge in [0.15, 0.2) is 0 Å². The maximum Gasteiger partial charge on any atom is 1.00 e. The molecule has 0 radical (unpaired) electrons. The number of unbranched alkanes of at least 4 members (excludes halogenated alkanes) is 1. The Kier molecular flexibility index (Phi) is 7.73. The fourth-order valence-corrected chi connectivity index (χ4v) is 1.69. The molecule has 7 heteroatoms. The van der Waals surface area contributed by atoms with Crippen molar-refractivity contribution in [2.75, 3.05) is 6.61 Å². The first-order valence-corrected chi connectivity index (χ1v) is 6.59. The molecule has 1 aromatic carbocycles. The molecule has 18 heavy (non-hydrogen) atoms. The molecule has 0 unspecified atom stereocenters. The van der Waals surface area contributed by atoms with Crippen LogP contribution < -0.4 is 29.6 Å². The van der Waals surface area contributed by atoms with E-state index in [1.807, 2.05) is 6.92 Å². The van der Waals surface area contributed by atoms with E-state index in [0.29, 0.717) is 0 Å². The van der Waals surface area contributed by atoms with Crippen LogP contribution in [0.1, 0.15) is 30.1 Å². The molecule has 1 rings (SSSR count). The van der Waals surface area contributed by atoms with Gasteiger partial charge in [0.1, 0.15) is 10.1 Å². The first-order chi connectivity index (χ1) is 7.95. The minimum absolute atomic E-state index is 0. The molecule has 0 spiro atoms. The van der Waals surface area contributed by atoms with Gasteiger partial charge in [0.05, 0.1) is 17.1 Å². The van der Waals surface area contributed by atoms with E-state index >= 15 is 0 Å². The van der Waals surface area contributed by atoms with Crippen molar-refractivity contribution in [3.05, 3.63) is 29.8 Å². The topological polar surface area (TPSA) is 83.5 Å². The van der Waals surface area contributed by atoms with Gasteiger partial charge in [-0.2, -0.15) is 0 Å². The Hall–Kier alpha value is -0.400. The van der Waals surface area contributed by atoms with E-state index in [9.17, 15) is 17.8 Å². The van der Waals surface area contributed by atoms with Gasteiger partial charge >= 0.3 is 35.5 Å². The Morgan fingerprint density at radius 2 is 2.06 bits per heavy atom. The third-order valence-electron chi connectivity index (χ3n) is 2.09. The smallest absolute Gasteiger partial charge is 0.744 e. The number of esters is 1. The van der Waals surface area contributed by atoms with Crippen LogP contribution in [0, 0.1) is 0 Å². The Morgan fingerprint density at radius 3 is 2.61 bits per heavy atom. The molecule has 0 fully saturated rings. The van der Waals surface area contributed by atoms with Crippen LogP contribution in [-0.4, -0.2) is 25.5 Å². The summed E-state index contributed by atoms with van der Waals surface area (Å²) < 4.78 is 37.2. The van der Waals surface area contributed by atoms with Gasteiger partial charge in [-0.25, -0.2) is 13.2 Å². The van der Waals surface area contributed by atoms with Crippen LogP contribution in [0.2, 0.25) is 0 Å². The van der Waals surface area contributed by atoms with E-state index in [2.05, 4.69) is 0 Å². The number of rotatable bonds is 5. The molecule has 0 saturated carbocycles. The molecule has 5 nitrogen and oxygen atoms in total. The molecule has 0 amide bonds. The summed E-state index contributed by atoms with van der Waals surface area (Å²) in [6.07, 6.45) is 1.63.